The van der Waals surface area contributed by atoms with Crippen LogP contribution in [-0.4, -0.2) is 17.8 Å². The van der Waals surface area contributed by atoms with Gasteiger partial charge < -0.3 is 10.4 Å². The molecule has 0 radical (unpaired) electrons. The number of aryl methyl sites for hydroxylation is 2. The Morgan fingerprint density at radius 3 is 2.13 bits per heavy atom. The molecule has 1 aromatic carbocycles. The van der Waals surface area contributed by atoms with E-state index in [1.54, 1.807) is 0 Å². The van der Waals surface area contributed by atoms with Crippen molar-refractivity contribution in [1.82, 2.24) is 0 Å². The van der Waals surface area contributed by atoms with E-state index in [0.29, 0.717) is 0 Å². The summed E-state index contributed by atoms with van der Waals surface area (Å²) < 4.78 is 0. The number of benzene rings is 1. The molecule has 0 saturated carbocycles. The molecule has 0 fully saturated rings. The number of rotatable bonds is 5. The van der Waals surface area contributed by atoms with Gasteiger partial charge in [0.15, 0.2) is 0 Å². The first kappa shape index (κ1) is 12.1. The minimum Gasteiger partial charge on any atom is -0.394 e. The van der Waals surface area contributed by atoms with Crippen LogP contribution in [-0.2, 0) is 12.8 Å². The van der Waals surface area contributed by atoms with Gasteiger partial charge in [-0.1, -0.05) is 32.0 Å². The van der Waals surface area contributed by atoms with Crippen molar-refractivity contribution < 1.29 is 5.11 Å². The molecule has 0 heterocycles. The second-order valence-electron chi connectivity index (χ2n) is 3.89. The van der Waals surface area contributed by atoms with Crippen molar-refractivity contribution in [2.24, 2.45) is 0 Å². The van der Waals surface area contributed by atoms with Gasteiger partial charge in [0.1, 0.15) is 0 Å². The maximum absolute atomic E-state index is 9.06. The number of anilines is 1. The van der Waals surface area contributed by atoms with Crippen LogP contribution in [0, 0.1) is 0 Å². The second-order valence-corrected chi connectivity index (χ2v) is 3.89. The van der Waals surface area contributed by atoms with Gasteiger partial charge in [-0.25, -0.2) is 0 Å². The molecule has 1 unspecified atom stereocenters. The average Bonchev–Trinajstić information content (AvgIpc) is 2.29. The highest BCUT2D eigenvalue weighted by Crippen LogP contribution is 2.23. The van der Waals surface area contributed by atoms with E-state index in [2.05, 4.69) is 37.4 Å². The monoisotopic (exact) mass is 207 g/mol. The van der Waals surface area contributed by atoms with Crippen molar-refractivity contribution in [3.63, 3.8) is 0 Å². The van der Waals surface area contributed by atoms with Crippen LogP contribution < -0.4 is 5.32 Å². The summed E-state index contributed by atoms with van der Waals surface area (Å²) in [6.07, 6.45) is 2.04. The maximum atomic E-state index is 9.06. The van der Waals surface area contributed by atoms with Crippen molar-refractivity contribution >= 4 is 5.69 Å². The minimum atomic E-state index is 0.114. The molecule has 15 heavy (non-hydrogen) atoms. The number of aliphatic hydroxyl groups excluding tert-OH is 1. The van der Waals surface area contributed by atoms with Gasteiger partial charge >= 0.3 is 0 Å². The Kier molecular flexibility index (Phi) is 4.63. The van der Waals surface area contributed by atoms with Gasteiger partial charge in [-0.05, 0) is 30.9 Å². The summed E-state index contributed by atoms with van der Waals surface area (Å²) in [6, 6.07) is 6.51. The maximum Gasteiger partial charge on any atom is 0.0630 e. The smallest absolute Gasteiger partial charge is 0.0630 e. The van der Waals surface area contributed by atoms with Crippen molar-refractivity contribution in [2.75, 3.05) is 11.9 Å². The van der Waals surface area contributed by atoms with E-state index in [1.165, 1.54) is 16.8 Å². The van der Waals surface area contributed by atoms with Crippen molar-refractivity contribution in [2.45, 2.75) is 39.7 Å². The van der Waals surface area contributed by atoms with Crippen LogP contribution in [0.1, 0.15) is 31.9 Å². The van der Waals surface area contributed by atoms with Crippen molar-refractivity contribution in [3.05, 3.63) is 29.3 Å². The van der Waals surface area contributed by atoms with Crippen molar-refractivity contribution in [3.8, 4) is 0 Å². The molecule has 1 aromatic rings. The van der Waals surface area contributed by atoms with Gasteiger partial charge in [0, 0.05) is 11.7 Å². The van der Waals surface area contributed by atoms with Crippen LogP contribution in [0.5, 0.6) is 0 Å². The SMILES string of the molecule is CCc1cccc(CC)c1NC(C)CO. The molecule has 0 amide bonds. The number of nitrogens with one attached hydrogen (secondary N) is 1. The number of para-hydroxylation sites is 1. The lowest BCUT2D eigenvalue weighted by molar-refractivity contribution is 0.281. The normalized spacial score (nSPS) is 12.5. The first-order valence-corrected chi connectivity index (χ1v) is 5.71. The van der Waals surface area contributed by atoms with Crippen LogP contribution in [0.3, 0.4) is 0 Å². The predicted octanol–water partition coefficient (Wildman–Crippen LogP) is 2.60. The Balaban J connectivity index is 2.99. The predicted molar refractivity (Wildman–Crippen MR) is 65.4 cm³/mol. The van der Waals surface area contributed by atoms with Gasteiger partial charge in [0.2, 0.25) is 0 Å². The van der Waals surface area contributed by atoms with E-state index >= 15 is 0 Å². The molecule has 0 bridgehead atoms. The molecule has 84 valence electrons. The van der Waals surface area contributed by atoms with Gasteiger partial charge in [0.05, 0.1) is 6.61 Å². The zero-order valence-corrected chi connectivity index (χ0v) is 9.88. The number of hydrogen-bond acceptors (Lipinski definition) is 2. The summed E-state index contributed by atoms with van der Waals surface area (Å²) >= 11 is 0. The van der Waals surface area contributed by atoms with Crippen molar-refractivity contribution in [1.29, 1.82) is 0 Å². The zero-order valence-electron chi connectivity index (χ0n) is 9.88. The lowest BCUT2D eigenvalue weighted by Gasteiger charge is -2.19. The Morgan fingerprint density at radius 2 is 1.73 bits per heavy atom. The minimum absolute atomic E-state index is 0.114. The van der Waals surface area contributed by atoms with E-state index in [9.17, 15) is 0 Å². The van der Waals surface area contributed by atoms with Crippen LogP contribution in [0.25, 0.3) is 0 Å². The van der Waals surface area contributed by atoms with E-state index in [4.69, 9.17) is 5.11 Å². The summed E-state index contributed by atoms with van der Waals surface area (Å²) in [7, 11) is 0. The highest BCUT2D eigenvalue weighted by molar-refractivity contribution is 5.58. The summed E-state index contributed by atoms with van der Waals surface area (Å²) in [5, 5.41) is 12.4. The number of aliphatic hydroxyl groups is 1. The fraction of sp³-hybridized carbons (Fsp3) is 0.538. The quantitative estimate of drug-likeness (QED) is 0.778. The fourth-order valence-corrected chi connectivity index (χ4v) is 1.72. The first-order valence-electron chi connectivity index (χ1n) is 5.71. The summed E-state index contributed by atoms with van der Waals surface area (Å²) in [4.78, 5) is 0. The first-order chi connectivity index (χ1) is 7.22. The Labute approximate surface area is 92.3 Å². The molecule has 0 saturated heterocycles. The fourth-order valence-electron chi connectivity index (χ4n) is 1.72. The lowest BCUT2D eigenvalue weighted by atomic mass is 10.0. The largest absolute Gasteiger partial charge is 0.394 e. The highest BCUT2D eigenvalue weighted by atomic mass is 16.3. The molecule has 2 N–H and O–H groups in total. The van der Waals surface area contributed by atoms with Crippen LogP contribution >= 0.6 is 0 Å². The van der Waals surface area contributed by atoms with E-state index in [-0.39, 0.29) is 12.6 Å². The molecule has 2 heteroatoms. The second kappa shape index (κ2) is 5.76. The van der Waals surface area contributed by atoms with E-state index < -0.39 is 0 Å². The molecule has 1 rings (SSSR count). The third-order valence-corrected chi connectivity index (χ3v) is 2.66. The highest BCUT2D eigenvalue weighted by Gasteiger charge is 2.08. The van der Waals surface area contributed by atoms with Gasteiger partial charge in [0.25, 0.3) is 0 Å². The molecule has 0 aliphatic rings. The standard InChI is InChI=1S/C13H21NO/c1-4-11-7-6-8-12(5-2)13(11)14-10(3)9-15/h6-8,10,14-15H,4-5,9H2,1-3H3. The summed E-state index contributed by atoms with van der Waals surface area (Å²) in [5.74, 6) is 0. The van der Waals surface area contributed by atoms with Gasteiger partial charge in [-0.15, -0.1) is 0 Å². The van der Waals surface area contributed by atoms with Crippen LogP contribution in [0.2, 0.25) is 0 Å². The van der Waals surface area contributed by atoms with Crippen LogP contribution in [0.15, 0.2) is 18.2 Å². The Hall–Kier alpha value is -1.02. The number of hydrogen-bond donors (Lipinski definition) is 2. The molecule has 0 aliphatic carbocycles. The molecular weight excluding hydrogens is 186 g/mol. The molecule has 2 nitrogen and oxygen atoms in total. The molecule has 0 aliphatic heterocycles. The van der Waals surface area contributed by atoms with Gasteiger partial charge in [-0.2, -0.15) is 0 Å². The van der Waals surface area contributed by atoms with E-state index in [1.807, 2.05) is 6.92 Å². The van der Waals surface area contributed by atoms with Crippen LogP contribution in [0.4, 0.5) is 5.69 Å². The Bertz CT molecular complexity index is 287. The van der Waals surface area contributed by atoms with E-state index in [0.717, 1.165) is 12.8 Å². The topological polar surface area (TPSA) is 32.3 Å². The molecular formula is C13H21NO. The third kappa shape index (κ3) is 2.96. The molecule has 0 aromatic heterocycles. The molecule has 0 spiro atoms. The summed E-state index contributed by atoms with van der Waals surface area (Å²) in [5.41, 5.74) is 3.87. The van der Waals surface area contributed by atoms with Gasteiger partial charge in [-0.3, -0.25) is 0 Å². The Morgan fingerprint density at radius 1 is 1.20 bits per heavy atom. The third-order valence-electron chi connectivity index (χ3n) is 2.66. The lowest BCUT2D eigenvalue weighted by Crippen LogP contribution is -2.21. The summed E-state index contributed by atoms with van der Waals surface area (Å²) in [6.45, 7) is 6.47. The molecule has 1 atom stereocenters. The zero-order chi connectivity index (χ0) is 11.3. The average molecular weight is 207 g/mol.